The van der Waals surface area contributed by atoms with Crippen molar-refractivity contribution in [2.24, 2.45) is 5.92 Å². The molecule has 2 heterocycles. The van der Waals surface area contributed by atoms with E-state index in [9.17, 15) is 14.7 Å². The fourth-order valence-electron chi connectivity index (χ4n) is 3.98. The van der Waals surface area contributed by atoms with E-state index in [0.717, 1.165) is 12.8 Å². The van der Waals surface area contributed by atoms with Crippen LogP contribution in [0.1, 0.15) is 48.9 Å². The maximum atomic E-state index is 13.1. The van der Waals surface area contributed by atoms with Crippen molar-refractivity contribution in [3.05, 3.63) is 23.8 Å². The van der Waals surface area contributed by atoms with E-state index in [1.807, 2.05) is 0 Å². The summed E-state index contributed by atoms with van der Waals surface area (Å²) in [5.74, 6) is 0.862. The summed E-state index contributed by atoms with van der Waals surface area (Å²) in [7, 11) is 0. The lowest BCUT2D eigenvalue weighted by molar-refractivity contribution is -0.133. The van der Waals surface area contributed by atoms with Gasteiger partial charge >= 0.3 is 0 Å². The Morgan fingerprint density at radius 2 is 2.08 bits per heavy atom. The van der Waals surface area contributed by atoms with Gasteiger partial charge in [-0.2, -0.15) is 0 Å². The molecule has 1 unspecified atom stereocenters. The normalized spacial score (nSPS) is 25.9. The van der Waals surface area contributed by atoms with Crippen LogP contribution in [0.4, 0.5) is 0 Å². The number of rotatable bonds is 4. The Hall–Kier alpha value is -2.24. The molecule has 134 valence electrons. The highest BCUT2D eigenvalue weighted by Gasteiger charge is 2.50. The summed E-state index contributed by atoms with van der Waals surface area (Å²) in [4.78, 5) is 27.3. The second-order valence-corrected chi connectivity index (χ2v) is 7.42. The van der Waals surface area contributed by atoms with Gasteiger partial charge in [0.25, 0.3) is 5.91 Å². The summed E-state index contributed by atoms with van der Waals surface area (Å²) in [6.45, 7) is 1.86. The number of nitrogens with one attached hydrogen (secondary N) is 1. The van der Waals surface area contributed by atoms with E-state index in [1.54, 1.807) is 11.0 Å². The van der Waals surface area contributed by atoms with E-state index < -0.39 is 5.54 Å². The van der Waals surface area contributed by atoms with Crippen molar-refractivity contribution in [1.29, 1.82) is 0 Å². The molecule has 0 radical (unpaired) electrons. The number of piperidine rings is 1. The van der Waals surface area contributed by atoms with Gasteiger partial charge in [-0.05, 0) is 56.6 Å². The number of likely N-dealkylation sites (tertiary alicyclic amines) is 1. The number of carbonyl (C=O) groups is 2. The molecule has 2 saturated heterocycles. The van der Waals surface area contributed by atoms with Crippen molar-refractivity contribution in [1.82, 2.24) is 10.2 Å². The Labute approximate surface area is 147 Å². The first-order chi connectivity index (χ1) is 12.1. The smallest absolute Gasteiger partial charge is 0.255 e. The van der Waals surface area contributed by atoms with Crippen LogP contribution >= 0.6 is 0 Å². The van der Waals surface area contributed by atoms with Gasteiger partial charge in [0.1, 0.15) is 17.0 Å². The number of amides is 2. The maximum absolute atomic E-state index is 13.1. The van der Waals surface area contributed by atoms with Crippen molar-refractivity contribution in [2.75, 3.05) is 19.7 Å². The highest BCUT2D eigenvalue weighted by Crippen LogP contribution is 2.37. The Kier molecular flexibility index (Phi) is 4.06. The van der Waals surface area contributed by atoms with Gasteiger partial charge in [-0.15, -0.1) is 0 Å². The minimum Gasteiger partial charge on any atom is -0.508 e. The van der Waals surface area contributed by atoms with E-state index in [4.69, 9.17) is 4.74 Å². The molecule has 1 aliphatic carbocycles. The fraction of sp³-hybridized carbons (Fsp3) is 0.579. The molecule has 1 saturated carbocycles. The Balaban J connectivity index is 1.57. The van der Waals surface area contributed by atoms with E-state index >= 15 is 0 Å². The molecule has 0 aromatic heterocycles. The van der Waals surface area contributed by atoms with Gasteiger partial charge in [0, 0.05) is 24.7 Å². The number of nitrogens with zero attached hydrogens (tertiary/aromatic N) is 1. The lowest BCUT2D eigenvalue weighted by Crippen LogP contribution is -2.60. The summed E-state index contributed by atoms with van der Waals surface area (Å²) in [5.41, 5.74) is -0.346. The molecule has 2 aliphatic heterocycles. The fourth-order valence-corrected chi connectivity index (χ4v) is 3.98. The second-order valence-electron chi connectivity index (χ2n) is 7.42. The highest BCUT2D eigenvalue weighted by atomic mass is 16.5. The molecule has 25 heavy (non-hydrogen) atoms. The Bertz CT molecular complexity index is 701. The lowest BCUT2D eigenvalue weighted by Gasteiger charge is -2.40. The topological polar surface area (TPSA) is 78.9 Å². The molecule has 6 heteroatoms. The van der Waals surface area contributed by atoms with Gasteiger partial charge in [0.2, 0.25) is 5.91 Å². The largest absolute Gasteiger partial charge is 0.508 e. The number of phenols is 1. The quantitative estimate of drug-likeness (QED) is 0.876. The number of carbonyl (C=O) groups excluding carboxylic acids is 2. The third kappa shape index (κ3) is 3.05. The average molecular weight is 344 g/mol. The maximum Gasteiger partial charge on any atom is 0.255 e. The van der Waals surface area contributed by atoms with Crippen molar-refractivity contribution >= 4 is 11.8 Å². The van der Waals surface area contributed by atoms with Crippen LogP contribution in [0.2, 0.25) is 0 Å². The van der Waals surface area contributed by atoms with Crippen LogP contribution in [-0.2, 0) is 4.79 Å². The van der Waals surface area contributed by atoms with Gasteiger partial charge in [-0.1, -0.05) is 0 Å². The molecule has 4 rings (SSSR count). The minimum atomic E-state index is -0.726. The van der Waals surface area contributed by atoms with Crippen molar-refractivity contribution in [3.8, 4) is 11.5 Å². The van der Waals surface area contributed by atoms with E-state index in [0.29, 0.717) is 49.8 Å². The number of hydrogen-bond donors (Lipinski definition) is 2. The van der Waals surface area contributed by atoms with Gasteiger partial charge < -0.3 is 20.1 Å². The van der Waals surface area contributed by atoms with Crippen LogP contribution in [0.25, 0.3) is 0 Å². The van der Waals surface area contributed by atoms with Gasteiger partial charge in [0.15, 0.2) is 0 Å². The zero-order valence-electron chi connectivity index (χ0n) is 14.3. The molecule has 1 aromatic rings. The third-order valence-corrected chi connectivity index (χ3v) is 5.53. The van der Waals surface area contributed by atoms with E-state index in [2.05, 4.69) is 5.32 Å². The molecule has 1 atom stereocenters. The van der Waals surface area contributed by atoms with Crippen molar-refractivity contribution in [3.63, 3.8) is 0 Å². The minimum absolute atomic E-state index is 0.0120. The highest BCUT2D eigenvalue weighted by molar-refractivity contribution is 6.00. The van der Waals surface area contributed by atoms with Gasteiger partial charge in [0.05, 0.1) is 6.61 Å². The van der Waals surface area contributed by atoms with Crippen LogP contribution in [0, 0.1) is 5.92 Å². The number of benzene rings is 1. The monoisotopic (exact) mass is 344 g/mol. The Morgan fingerprint density at radius 1 is 1.28 bits per heavy atom. The number of hydrogen-bond acceptors (Lipinski definition) is 4. The molecule has 2 N–H and O–H groups in total. The van der Waals surface area contributed by atoms with Crippen molar-refractivity contribution < 1.29 is 19.4 Å². The zero-order valence-corrected chi connectivity index (χ0v) is 14.3. The molecular formula is C19H24N2O4. The molecular weight excluding hydrogens is 320 g/mol. The molecule has 6 nitrogen and oxygen atoms in total. The number of phenolic OH excluding ortho intramolecular Hbond substituents is 1. The van der Waals surface area contributed by atoms with Gasteiger partial charge in [-0.25, -0.2) is 0 Å². The zero-order chi connectivity index (χ0) is 17.4. The first-order valence-electron chi connectivity index (χ1n) is 9.16. The lowest BCUT2D eigenvalue weighted by atomic mass is 9.86. The molecule has 0 bridgehead atoms. The molecule has 3 aliphatic rings. The summed E-state index contributed by atoms with van der Waals surface area (Å²) in [6.07, 6.45) is 5.46. The van der Waals surface area contributed by atoms with Crippen molar-refractivity contribution in [2.45, 2.75) is 44.1 Å². The SMILES string of the molecule is O=C(c1cc(O)cc(OCC2CC2)c1)N1CCCC12CCCNC2=O. The van der Waals surface area contributed by atoms with E-state index in [-0.39, 0.29) is 17.6 Å². The van der Waals surface area contributed by atoms with E-state index in [1.165, 1.54) is 25.0 Å². The van der Waals surface area contributed by atoms with Crippen LogP contribution in [0.15, 0.2) is 18.2 Å². The number of ether oxygens (including phenoxy) is 1. The van der Waals surface area contributed by atoms with Gasteiger partial charge in [-0.3, -0.25) is 9.59 Å². The predicted molar refractivity (Wildman–Crippen MR) is 91.6 cm³/mol. The van der Waals surface area contributed by atoms with Crippen LogP contribution in [-0.4, -0.2) is 47.1 Å². The summed E-state index contributed by atoms with van der Waals surface area (Å²) < 4.78 is 5.71. The summed E-state index contributed by atoms with van der Waals surface area (Å²) in [6, 6.07) is 4.67. The first-order valence-corrected chi connectivity index (χ1v) is 9.16. The molecule has 1 aromatic carbocycles. The standard InChI is InChI=1S/C19H24N2O4/c22-15-9-14(10-16(11-15)25-12-13-3-4-13)17(23)21-8-2-6-19(21)5-1-7-20-18(19)24/h9-11,13,22H,1-8,12H2,(H,20,24). The number of aromatic hydroxyl groups is 1. The molecule has 3 fully saturated rings. The van der Waals surface area contributed by atoms with Crippen LogP contribution in [0.3, 0.4) is 0 Å². The first kappa shape index (κ1) is 16.2. The second kappa shape index (κ2) is 6.24. The molecule has 1 spiro atoms. The third-order valence-electron chi connectivity index (χ3n) is 5.53. The Morgan fingerprint density at radius 3 is 2.84 bits per heavy atom. The van der Waals surface area contributed by atoms with Crippen LogP contribution < -0.4 is 10.1 Å². The molecule has 2 amide bonds. The average Bonchev–Trinajstić information content (AvgIpc) is 3.34. The summed E-state index contributed by atoms with van der Waals surface area (Å²) in [5, 5.41) is 12.9. The summed E-state index contributed by atoms with van der Waals surface area (Å²) >= 11 is 0. The van der Waals surface area contributed by atoms with Crippen LogP contribution in [0.5, 0.6) is 11.5 Å². The predicted octanol–water partition coefficient (Wildman–Crippen LogP) is 2.07.